The van der Waals surface area contributed by atoms with Gasteiger partial charge in [-0.3, -0.25) is 0 Å². The molecule has 1 unspecified atom stereocenters. The number of ether oxygens (including phenoxy) is 1. The molecule has 0 aromatic heterocycles. The van der Waals surface area contributed by atoms with Gasteiger partial charge < -0.3 is 10.1 Å². The zero-order chi connectivity index (χ0) is 8.10. The van der Waals surface area contributed by atoms with Crippen molar-refractivity contribution < 1.29 is 4.74 Å². The minimum absolute atomic E-state index is 0.309. The maximum atomic E-state index is 8.37. The summed E-state index contributed by atoms with van der Waals surface area (Å²) < 4.78 is 5.22. The summed E-state index contributed by atoms with van der Waals surface area (Å²) in [5.74, 6) is 0.614. The van der Waals surface area contributed by atoms with Gasteiger partial charge in [-0.05, 0) is 25.7 Å². The molecule has 1 atom stereocenters. The fraction of sp³-hybridized carbons (Fsp3) is 0.875. The van der Waals surface area contributed by atoms with Crippen LogP contribution >= 0.6 is 0 Å². The molecule has 0 radical (unpaired) electrons. The molecule has 1 aliphatic heterocycles. The molecule has 1 saturated heterocycles. The van der Waals surface area contributed by atoms with E-state index in [4.69, 9.17) is 10.00 Å². The number of hydrogen-bond donors (Lipinski definition) is 1. The number of nitrogens with zero attached hydrogens (tertiary/aromatic N) is 1. The van der Waals surface area contributed by atoms with Crippen molar-refractivity contribution >= 4 is 0 Å². The Kier molecular flexibility index (Phi) is 3.18. The molecule has 0 bridgehead atoms. The maximum Gasteiger partial charge on any atom is 0.176 e. The molecule has 3 heteroatoms. The lowest BCUT2D eigenvalue weighted by atomic mass is 9.93. The number of hydrogen-bond acceptors (Lipinski definition) is 3. The fourth-order valence-electron chi connectivity index (χ4n) is 1.44. The van der Waals surface area contributed by atoms with Gasteiger partial charge in [0.25, 0.3) is 0 Å². The highest BCUT2D eigenvalue weighted by Gasteiger charge is 2.19. The van der Waals surface area contributed by atoms with Gasteiger partial charge >= 0.3 is 0 Å². The normalized spacial score (nSPS) is 22.2. The highest BCUT2D eigenvalue weighted by atomic mass is 16.5. The lowest BCUT2D eigenvalue weighted by Crippen LogP contribution is -2.33. The van der Waals surface area contributed by atoms with Gasteiger partial charge in [0.2, 0.25) is 0 Å². The van der Waals surface area contributed by atoms with Crippen LogP contribution < -0.4 is 5.32 Å². The van der Waals surface area contributed by atoms with E-state index in [1.807, 2.05) is 6.19 Å². The zero-order valence-corrected chi connectivity index (χ0v) is 6.84. The van der Waals surface area contributed by atoms with Crippen molar-refractivity contribution in [2.24, 2.45) is 5.92 Å². The molecule has 3 nitrogen and oxygen atoms in total. The van der Waals surface area contributed by atoms with Crippen LogP contribution in [0.3, 0.4) is 0 Å². The van der Waals surface area contributed by atoms with Crippen LogP contribution in [-0.4, -0.2) is 19.3 Å². The van der Waals surface area contributed by atoms with E-state index >= 15 is 0 Å². The summed E-state index contributed by atoms with van der Waals surface area (Å²) in [4.78, 5) is 0. The van der Waals surface area contributed by atoms with Crippen LogP contribution in [0.25, 0.3) is 0 Å². The molecule has 1 heterocycles. The SMILES string of the molecule is CC(NC#N)C1CCOCC1. The fourth-order valence-corrected chi connectivity index (χ4v) is 1.44. The van der Waals surface area contributed by atoms with Gasteiger partial charge in [0.15, 0.2) is 6.19 Å². The quantitative estimate of drug-likeness (QED) is 0.474. The van der Waals surface area contributed by atoms with Crippen molar-refractivity contribution in [2.75, 3.05) is 13.2 Å². The van der Waals surface area contributed by atoms with Crippen molar-refractivity contribution in [3.63, 3.8) is 0 Å². The second kappa shape index (κ2) is 4.20. The van der Waals surface area contributed by atoms with Gasteiger partial charge in [-0.1, -0.05) is 0 Å². The van der Waals surface area contributed by atoms with Crippen LogP contribution in [0.2, 0.25) is 0 Å². The number of rotatable bonds is 2. The Balaban J connectivity index is 2.27. The standard InChI is InChI=1S/C8H14N2O/c1-7(10-6-9)8-2-4-11-5-3-8/h7-8,10H,2-5H2,1H3. The summed E-state index contributed by atoms with van der Waals surface area (Å²) in [5, 5.41) is 11.1. The summed E-state index contributed by atoms with van der Waals surface area (Å²) in [7, 11) is 0. The van der Waals surface area contributed by atoms with Crippen molar-refractivity contribution in [2.45, 2.75) is 25.8 Å². The largest absolute Gasteiger partial charge is 0.381 e. The lowest BCUT2D eigenvalue weighted by molar-refractivity contribution is 0.0578. The predicted molar refractivity (Wildman–Crippen MR) is 41.8 cm³/mol. The minimum atomic E-state index is 0.309. The smallest absolute Gasteiger partial charge is 0.176 e. The molecule has 62 valence electrons. The van der Waals surface area contributed by atoms with Gasteiger partial charge in [-0.25, -0.2) is 0 Å². The van der Waals surface area contributed by atoms with Crippen LogP contribution in [0.15, 0.2) is 0 Å². The summed E-state index contributed by atoms with van der Waals surface area (Å²) in [6, 6.07) is 0.309. The van der Waals surface area contributed by atoms with Crippen molar-refractivity contribution in [3.05, 3.63) is 0 Å². The first kappa shape index (κ1) is 8.35. The summed E-state index contributed by atoms with van der Waals surface area (Å²) in [6.45, 7) is 3.75. The van der Waals surface area contributed by atoms with Crippen LogP contribution in [-0.2, 0) is 4.74 Å². The van der Waals surface area contributed by atoms with Crippen LogP contribution in [0.5, 0.6) is 0 Å². The molecule has 1 fully saturated rings. The second-order valence-electron chi connectivity index (χ2n) is 2.99. The van der Waals surface area contributed by atoms with E-state index in [-0.39, 0.29) is 0 Å². The third kappa shape index (κ3) is 2.39. The van der Waals surface area contributed by atoms with Gasteiger partial charge in [0.05, 0.1) is 0 Å². The Morgan fingerprint density at radius 2 is 2.18 bits per heavy atom. The average Bonchev–Trinajstić information content (AvgIpc) is 2.07. The van der Waals surface area contributed by atoms with Gasteiger partial charge in [0.1, 0.15) is 0 Å². The Morgan fingerprint density at radius 1 is 1.55 bits per heavy atom. The first-order valence-corrected chi connectivity index (χ1v) is 4.07. The van der Waals surface area contributed by atoms with E-state index in [0.717, 1.165) is 26.1 Å². The third-order valence-electron chi connectivity index (χ3n) is 2.27. The first-order valence-electron chi connectivity index (χ1n) is 4.07. The highest BCUT2D eigenvalue weighted by molar-refractivity contribution is 4.80. The average molecular weight is 154 g/mol. The molecule has 1 aliphatic rings. The molecule has 0 aromatic rings. The van der Waals surface area contributed by atoms with E-state index in [1.165, 1.54) is 0 Å². The predicted octanol–water partition coefficient (Wildman–Crippen LogP) is 0.872. The maximum absolute atomic E-state index is 8.37. The van der Waals surface area contributed by atoms with Crippen molar-refractivity contribution in [1.29, 1.82) is 5.26 Å². The van der Waals surface area contributed by atoms with Crippen molar-refractivity contribution in [1.82, 2.24) is 5.32 Å². The van der Waals surface area contributed by atoms with Gasteiger partial charge in [-0.15, -0.1) is 0 Å². The molecule has 11 heavy (non-hydrogen) atoms. The molecule has 0 spiro atoms. The third-order valence-corrected chi connectivity index (χ3v) is 2.27. The highest BCUT2D eigenvalue weighted by Crippen LogP contribution is 2.17. The Hall–Kier alpha value is -0.750. The van der Waals surface area contributed by atoms with Gasteiger partial charge in [0, 0.05) is 19.3 Å². The topological polar surface area (TPSA) is 45.0 Å². The van der Waals surface area contributed by atoms with Crippen molar-refractivity contribution in [3.8, 4) is 6.19 Å². The first-order chi connectivity index (χ1) is 5.34. The van der Waals surface area contributed by atoms with E-state index in [2.05, 4.69) is 12.2 Å². The monoisotopic (exact) mass is 154 g/mol. The minimum Gasteiger partial charge on any atom is -0.381 e. The zero-order valence-electron chi connectivity index (χ0n) is 6.84. The van der Waals surface area contributed by atoms with Gasteiger partial charge in [-0.2, -0.15) is 5.26 Å². The molecule has 0 saturated carbocycles. The van der Waals surface area contributed by atoms with Crippen LogP contribution in [0, 0.1) is 17.4 Å². The van der Waals surface area contributed by atoms with E-state index in [9.17, 15) is 0 Å². The molecule has 0 aromatic carbocycles. The molecular formula is C8H14N2O. The second-order valence-corrected chi connectivity index (χ2v) is 2.99. The van der Waals surface area contributed by atoms with E-state index in [0.29, 0.717) is 12.0 Å². The van der Waals surface area contributed by atoms with Crippen LogP contribution in [0.1, 0.15) is 19.8 Å². The lowest BCUT2D eigenvalue weighted by Gasteiger charge is -2.26. The summed E-state index contributed by atoms with van der Waals surface area (Å²) in [6.07, 6.45) is 4.13. The van der Waals surface area contributed by atoms with E-state index < -0.39 is 0 Å². The number of nitriles is 1. The van der Waals surface area contributed by atoms with E-state index in [1.54, 1.807) is 0 Å². The Bertz CT molecular complexity index is 147. The summed E-state index contributed by atoms with van der Waals surface area (Å²) >= 11 is 0. The number of nitrogens with one attached hydrogen (secondary N) is 1. The molecule has 0 amide bonds. The molecule has 1 rings (SSSR count). The molecular weight excluding hydrogens is 140 g/mol. The Labute approximate surface area is 67.3 Å². The summed E-state index contributed by atoms with van der Waals surface area (Å²) in [5.41, 5.74) is 0. The molecule has 1 N–H and O–H groups in total. The Morgan fingerprint density at radius 3 is 2.73 bits per heavy atom. The molecule has 0 aliphatic carbocycles. The van der Waals surface area contributed by atoms with Crippen LogP contribution in [0.4, 0.5) is 0 Å².